The summed E-state index contributed by atoms with van der Waals surface area (Å²) in [6.45, 7) is 0.617. The minimum Gasteiger partial charge on any atom is -0.493 e. The van der Waals surface area contributed by atoms with E-state index in [1.54, 1.807) is 31.5 Å². The van der Waals surface area contributed by atoms with Gasteiger partial charge in [0.25, 0.3) is 11.6 Å². The molecular weight excluding hydrogens is 436 g/mol. The van der Waals surface area contributed by atoms with Crippen LogP contribution in [0.1, 0.15) is 21.5 Å². The highest BCUT2D eigenvalue weighted by Crippen LogP contribution is 2.29. The molecule has 0 bridgehead atoms. The fraction of sp³-hybridized carbons (Fsp3) is 0.120. The standard InChI is InChI=1S/C25H22N4O5/c1-33-24-13-19(7-10-23(24)34-16-18-5-3-2-4-6-18)15-27-25(30)20-8-9-21(22(14-20)29(31)32)28-12-11-26-17-28/h2-14,17H,15-16H2,1H3,(H,27,30). The van der Waals surface area contributed by atoms with Gasteiger partial charge in [0.1, 0.15) is 12.3 Å². The van der Waals surface area contributed by atoms with E-state index >= 15 is 0 Å². The van der Waals surface area contributed by atoms with Crippen LogP contribution in [-0.4, -0.2) is 27.5 Å². The van der Waals surface area contributed by atoms with Crippen LogP contribution in [0.4, 0.5) is 5.69 Å². The SMILES string of the molecule is COc1cc(CNC(=O)c2ccc(-n3ccnc3)c([N+](=O)[O-])c2)ccc1OCc1ccccc1. The van der Waals surface area contributed by atoms with Crippen LogP contribution in [0.15, 0.2) is 85.5 Å². The first-order valence-corrected chi connectivity index (χ1v) is 10.4. The number of carbonyl (C=O) groups excluding carboxylic acids is 1. The van der Waals surface area contributed by atoms with Gasteiger partial charge in [0.2, 0.25) is 0 Å². The minimum atomic E-state index is -0.523. The van der Waals surface area contributed by atoms with Gasteiger partial charge in [0, 0.05) is 30.6 Å². The van der Waals surface area contributed by atoms with Crippen molar-refractivity contribution in [2.45, 2.75) is 13.2 Å². The minimum absolute atomic E-state index is 0.186. The number of hydrogen-bond acceptors (Lipinski definition) is 6. The molecule has 1 heterocycles. The van der Waals surface area contributed by atoms with Gasteiger partial charge in [0.05, 0.1) is 18.4 Å². The Hall–Kier alpha value is -4.66. The molecule has 4 rings (SSSR count). The van der Waals surface area contributed by atoms with E-state index in [9.17, 15) is 14.9 Å². The van der Waals surface area contributed by atoms with Crippen molar-refractivity contribution in [3.05, 3.63) is 112 Å². The maximum Gasteiger partial charge on any atom is 0.294 e. The number of ether oxygens (including phenoxy) is 2. The summed E-state index contributed by atoms with van der Waals surface area (Å²) in [5.74, 6) is 0.707. The highest BCUT2D eigenvalue weighted by Gasteiger charge is 2.19. The summed E-state index contributed by atoms with van der Waals surface area (Å²) in [5, 5.41) is 14.3. The van der Waals surface area contributed by atoms with Gasteiger partial charge < -0.3 is 19.4 Å². The molecular formula is C25H22N4O5. The molecule has 9 heteroatoms. The lowest BCUT2D eigenvalue weighted by Crippen LogP contribution is -2.23. The van der Waals surface area contributed by atoms with Crippen molar-refractivity contribution in [2.75, 3.05) is 7.11 Å². The Balaban J connectivity index is 1.43. The van der Waals surface area contributed by atoms with Crippen molar-refractivity contribution in [2.24, 2.45) is 0 Å². The van der Waals surface area contributed by atoms with Crippen LogP contribution in [0, 0.1) is 10.1 Å². The average Bonchev–Trinajstić information content (AvgIpc) is 3.41. The molecule has 9 nitrogen and oxygen atoms in total. The Morgan fingerprint density at radius 2 is 1.88 bits per heavy atom. The van der Waals surface area contributed by atoms with Gasteiger partial charge in [-0.2, -0.15) is 0 Å². The second kappa shape index (κ2) is 10.3. The van der Waals surface area contributed by atoms with E-state index in [1.807, 2.05) is 36.4 Å². The molecule has 1 amide bonds. The van der Waals surface area contributed by atoms with Crippen molar-refractivity contribution >= 4 is 11.6 Å². The third-order valence-corrected chi connectivity index (χ3v) is 5.14. The normalized spacial score (nSPS) is 10.5. The Kier molecular flexibility index (Phi) is 6.83. The first-order chi connectivity index (χ1) is 16.5. The summed E-state index contributed by atoms with van der Waals surface area (Å²) in [6.07, 6.45) is 4.59. The summed E-state index contributed by atoms with van der Waals surface area (Å²) in [6, 6.07) is 19.5. The smallest absolute Gasteiger partial charge is 0.294 e. The first kappa shape index (κ1) is 22.5. The van der Waals surface area contributed by atoms with Crippen LogP contribution in [-0.2, 0) is 13.2 Å². The number of rotatable bonds is 9. The second-order valence-electron chi connectivity index (χ2n) is 7.37. The Labute approximate surface area is 195 Å². The molecule has 0 aliphatic carbocycles. The third kappa shape index (κ3) is 5.21. The van der Waals surface area contributed by atoms with Gasteiger partial charge in [-0.05, 0) is 35.4 Å². The van der Waals surface area contributed by atoms with Crippen molar-refractivity contribution in [3.63, 3.8) is 0 Å². The molecule has 0 aliphatic rings. The molecule has 0 aliphatic heterocycles. The maximum atomic E-state index is 12.7. The number of benzene rings is 3. The number of amides is 1. The molecule has 1 N–H and O–H groups in total. The summed E-state index contributed by atoms with van der Waals surface area (Å²) in [5.41, 5.74) is 2.16. The Morgan fingerprint density at radius 1 is 1.06 bits per heavy atom. The van der Waals surface area contributed by atoms with E-state index in [4.69, 9.17) is 9.47 Å². The topological polar surface area (TPSA) is 109 Å². The fourth-order valence-electron chi connectivity index (χ4n) is 3.39. The fourth-order valence-corrected chi connectivity index (χ4v) is 3.39. The number of nitro benzene ring substituents is 1. The van der Waals surface area contributed by atoms with Gasteiger partial charge >= 0.3 is 0 Å². The number of carbonyl (C=O) groups is 1. The van der Waals surface area contributed by atoms with Crippen LogP contribution in [0.3, 0.4) is 0 Å². The van der Waals surface area contributed by atoms with Gasteiger partial charge in [-0.1, -0.05) is 36.4 Å². The highest BCUT2D eigenvalue weighted by atomic mass is 16.6. The lowest BCUT2D eigenvalue weighted by Gasteiger charge is -2.13. The average molecular weight is 458 g/mol. The molecule has 0 saturated carbocycles. The summed E-state index contributed by atoms with van der Waals surface area (Å²) < 4.78 is 12.8. The van der Waals surface area contributed by atoms with E-state index in [0.29, 0.717) is 23.8 Å². The van der Waals surface area contributed by atoms with Gasteiger partial charge in [0.15, 0.2) is 11.5 Å². The lowest BCUT2D eigenvalue weighted by atomic mass is 10.1. The van der Waals surface area contributed by atoms with Crippen LogP contribution < -0.4 is 14.8 Å². The maximum absolute atomic E-state index is 12.7. The Morgan fingerprint density at radius 3 is 2.59 bits per heavy atom. The van der Waals surface area contributed by atoms with Crippen molar-refractivity contribution in [3.8, 4) is 17.2 Å². The van der Waals surface area contributed by atoms with E-state index < -0.39 is 10.8 Å². The number of nitrogens with one attached hydrogen (secondary N) is 1. The van der Waals surface area contributed by atoms with Crippen LogP contribution in [0.5, 0.6) is 11.5 Å². The van der Waals surface area contributed by atoms with Crippen molar-refractivity contribution in [1.82, 2.24) is 14.9 Å². The van der Waals surface area contributed by atoms with E-state index in [2.05, 4.69) is 10.3 Å². The molecule has 0 atom stereocenters. The molecule has 3 aromatic carbocycles. The third-order valence-electron chi connectivity index (χ3n) is 5.14. The summed E-state index contributed by atoms with van der Waals surface area (Å²) >= 11 is 0. The zero-order chi connectivity index (χ0) is 23.9. The van der Waals surface area contributed by atoms with Crippen molar-refractivity contribution in [1.29, 1.82) is 0 Å². The zero-order valence-corrected chi connectivity index (χ0v) is 18.4. The van der Waals surface area contributed by atoms with Crippen LogP contribution >= 0.6 is 0 Å². The number of aromatic nitrogens is 2. The molecule has 0 unspecified atom stereocenters. The van der Waals surface area contributed by atoms with E-state index in [-0.39, 0.29) is 17.8 Å². The largest absolute Gasteiger partial charge is 0.493 e. The molecule has 34 heavy (non-hydrogen) atoms. The molecule has 0 radical (unpaired) electrons. The molecule has 4 aromatic rings. The number of hydrogen-bond donors (Lipinski definition) is 1. The predicted octanol–water partition coefficient (Wildman–Crippen LogP) is 4.30. The van der Waals surface area contributed by atoms with Crippen LogP contribution in [0.25, 0.3) is 5.69 Å². The molecule has 0 saturated heterocycles. The summed E-state index contributed by atoms with van der Waals surface area (Å²) in [4.78, 5) is 27.6. The van der Waals surface area contributed by atoms with Gasteiger partial charge in [-0.3, -0.25) is 14.9 Å². The molecule has 1 aromatic heterocycles. The number of methoxy groups -OCH3 is 1. The lowest BCUT2D eigenvalue weighted by molar-refractivity contribution is -0.384. The predicted molar refractivity (Wildman–Crippen MR) is 125 cm³/mol. The number of nitro groups is 1. The molecule has 0 spiro atoms. The zero-order valence-electron chi connectivity index (χ0n) is 18.4. The highest BCUT2D eigenvalue weighted by molar-refractivity contribution is 5.95. The first-order valence-electron chi connectivity index (χ1n) is 10.4. The van der Waals surface area contributed by atoms with E-state index in [0.717, 1.165) is 11.1 Å². The molecule has 172 valence electrons. The summed E-state index contributed by atoms with van der Waals surface area (Å²) in [7, 11) is 1.55. The second-order valence-corrected chi connectivity index (χ2v) is 7.37. The van der Waals surface area contributed by atoms with Crippen LogP contribution in [0.2, 0.25) is 0 Å². The number of nitrogens with zero attached hydrogens (tertiary/aromatic N) is 3. The number of imidazole rings is 1. The van der Waals surface area contributed by atoms with Gasteiger partial charge in [-0.15, -0.1) is 0 Å². The van der Waals surface area contributed by atoms with Crippen molar-refractivity contribution < 1.29 is 19.2 Å². The van der Waals surface area contributed by atoms with Gasteiger partial charge in [-0.25, -0.2) is 4.98 Å². The monoisotopic (exact) mass is 458 g/mol. The Bertz CT molecular complexity index is 1290. The molecule has 0 fully saturated rings. The quantitative estimate of drug-likeness (QED) is 0.296. The van der Waals surface area contributed by atoms with E-state index in [1.165, 1.54) is 29.2 Å².